The molecule has 0 aromatic heterocycles. The zero-order valence-corrected chi connectivity index (χ0v) is 14.0. The summed E-state index contributed by atoms with van der Waals surface area (Å²) in [5.74, 6) is -22.8. The highest BCUT2D eigenvalue weighted by molar-refractivity contribution is 5.63. The van der Waals surface area contributed by atoms with E-state index in [1.54, 1.807) is 0 Å². The monoisotopic (exact) mass is 476 g/mol. The molecule has 2 saturated heterocycles. The van der Waals surface area contributed by atoms with E-state index in [2.05, 4.69) is 18.9 Å². The van der Waals surface area contributed by atoms with Crippen molar-refractivity contribution in [2.24, 2.45) is 0 Å². The summed E-state index contributed by atoms with van der Waals surface area (Å²) in [5.41, 5.74) is 0. The molecule has 0 aromatic carbocycles. The molecule has 2 aliphatic heterocycles. The van der Waals surface area contributed by atoms with Crippen LogP contribution < -0.4 is 0 Å². The molecular weight excluding hydrogens is 468 g/mol. The molecule has 0 amide bonds. The zero-order valence-electron chi connectivity index (χ0n) is 14.0. The predicted octanol–water partition coefficient (Wildman–Crippen LogP) is 4.81. The van der Waals surface area contributed by atoms with Crippen molar-refractivity contribution in [2.45, 2.75) is 55.4 Å². The molecular formula is C12H8F12O6. The van der Waals surface area contributed by atoms with Gasteiger partial charge in [0.1, 0.15) is 12.7 Å². The first-order valence-corrected chi connectivity index (χ1v) is 7.10. The molecule has 2 heterocycles. The third-order valence-electron chi connectivity index (χ3n) is 3.35. The average molecular weight is 476 g/mol. The van der Waals surface area contributed by atoms with E-state index in [1.165, 1.54) is 0 Å². The zero-order chi connectivity index (χ0) is 24.0. The van der Waals surface area contributed by atoms with Crippen LogP contribution in [0.15, 0.2) is 0 Å². The quantitative estimate of drug-likeness (QED) is 0.429. The van der Waals surface area contributed by atoms with E-state index in [4.69, 9.17) is 0 Å². The van der Waals surface area contributed by atoms with E-state index < -0.39 is 67.3 Å². The molecule has 2 rings (SSSR count). The van der Waals surface area contributed by atoms with E-state index >= 15 is 0 Å². The van der Waals surface area contributed by atoms with Gasteiger partial charge in [-0.1, -0.05) is 0 Å². The van der Waals surface area contributed by atoms with Gasteiger partial charge in [0.05, 0.1) is 6.42 Å². The molecule has 0 N–H and O–H groups in total. The van der Waals surface area contributed by atoms with Crippen LogP contribution in [0.3, 0.4) is 0 Å². The summed E-state index contributed by atoms with van der Waals surface area (Å²) < 4.78 is 163. The summed E-state index contributed by atoms with van der Waals surface area (Å²) in [6.45, 7) is -0.542. The third-order valence-corrected chi connectivity index (χ3v) is 3.35. The lowest BCUT2D eigenvalue weighted by Crippen LogP contribution is -2.61. The fourth-order valence-electron chi connectivity index (χ4n) is 1.72. The SMILES string of the molecule is CC1(F)OC(=O)OC1(F)F.O=C1OCC(CC(F)(F)C(F)(F)C(F)(F)C(F)(F)F)O1. The first-order valence-electron chi connectivity index (χ1n) is 7.10. The normalized spacial score (nSPS) is 26.8. The van der Waals surface area contributed by atoms with Crippen molar-refractivity contribution >= 4 is 12.3 Å². The van der Waals surface area contributed by atoms with Crippen LogP contribution >= 0.6 is 0 Å². The van der Waals surface area contributed by atoms with Crippen molar-refractivity contribution in [3.05, 3.63) is 0 Å². The number of halogens is 12. The number of carbonyl (C=O) groups excluding carboxylic acids is 2. The largest absolute Gasteiger partial charge is 0.516 e. The van der Waals surface area contributed by atoms with Gasteiger partial charge in [0.2, 0.25) is 0 Å². The Morgan fingerprint density at radius 1 is 0.867 bits per heavy atom. The molecule has 0 aromatic rings. The van der Waals surface area contributed by atoms with Gasteiger partial charge in [0, 0.05) is 6.92 Å². The Kier molecular flexibility index (Phi) is 6.38. The molecule has 30 heavy (non-hydrogen) atoms. The maximum absolute atomic E-state index is 13.0. The van der Waals surface area contributed by atoms with Crippen molar-refractivity contribution in [1.29, 1.82) is 0 Å². The number of carbonyl (C=O) groups is 2. The molecule has 2 unspecified atom stereocenters. The lowest BCUT2D eigenvalue weighted by atomic mass is 9.98. The highest BCUT2D eigenvalue weighted by Gasteiger charge is 2.81. The fourth-order valence-corrected chi connectivity index (χ4v) is 1.72. The summed E-state index contributed by atoms with van der Waals surface area (Å²) in [5, 5.41) is 0. The van der Waals surface area contributed by atoms with Crippen LogP contribution in [0.2, 0.25) is 0 Å². The first kappa shape index (κ1) is 25.7. The van der Waals surface area contributed by atoms with Crippen molar-refractivity contribution in [3.63, 3.8) is 0 Å². The van der Waals surface area contributed by atoms with Crippen LogP contribution in [-0.2, 0) is 18.9 Å². The summed E-state index contributed by atoms with van der Waals surface area (Å²) in [7, 11) is 0. The number of rotatable bonds is 4. The lowest BCUT2D eigenvalue weighted by molar-refractivity contribution is -0.398. The Morgan fingerprint density at radius 3 is 1.63 bits per heavy atom. The molecule has 6 nitrogen and oxygen atoms in total. The van der Waals surface area contributed by atoms with Crippen LogP contribution in [0, 0.1) is 0 Å². The van der Waals surface area contributed by atoms with Gasteiger partial charge >= 0.3 is 48.2 Å². The molecule has 0 radical (unpaired) electrons. The van der Waals surface area contributed by atoms with Gasteiger partial charge in [0.25, 0.3) is 0 Å². The van der Waals surface area contributed by atoms with Crippen LogP contribution in [0.1, 0.15) is 13.3 Å². The van der Waals surface area contributed by atoms with Crippen LogP contribution in [0.25, 0.3) is 0 Å². The Bertz CT molecular complexity index is 655. The Morgan fingerprint density at radius 2 is 1.37 bits per heavy atom. The minimum atomic E-state index is -6.95. The average Bonchev–Trinajstić information content (AvgIpc) is 2.96. The van der Waals surface area contributed by atoms with Crippen LogP contribution in [-0.4, -0.2) is 60.9 Å². The smallest absolute Gasteiger partial charge is 0.430 e. The van der Waals surface area contributed by atoms with Crippen molar-refractivity contribution in [2.75, 3.05) is 6.61 Å². The number of hydrogen-bond donors (Lipinski definition) is 0. The molecule has 0 aliphatic carbocycles. The van der Waals surface area contributed by atoms with Crippen LogP contribution in [0.5, 0.6) is 0 Å². The summed E-state index contributed by atoms with van der Waals surface area (Å²) >= 11 is 0. The van der Waals surface area contributed by atoms with Gasteiger partial charge in [-0.05, 0) is 0 Å². The molecule has 2 fully saturated rings. The molecule has 0 bridgehead atoms. The number of hydrogen-bond acceptors (Lipinski definition) is 6. The van der Waals surface area contributed by atoms with Crippen molar-refractivity contribution < 1.29 is 81.2 Å². The third kappa shape index (κ3) is 4.71. The van der Waals surface area contributed by atoms with Crippen LogP contribution in [0.4, 0.5) is 62.3 Å². The van der Waals surface area contributed by atoms with Gasteiger partial charge < -0.3 is 18.9 Å². The molecule has 2 aliphatic rings. The molecule has 2 atom stereocenters. The number of ether oxygens (including phenoxy) is 4. The summed E-state index contributed by atoms with van der Waals surface area (Å²) in [4.78, 5) is 20.3. The van der Waals surface area contributed by atoms with Gasteiger partial charge in [-0.15, -0.1) is 0 Å². The second-order valence-corrected chi connectivity index (χ2v) is 5.74. The maximum Gasteiger partial charge on any atom is 0.516 e. The van der Waals surface area contributed by atoms with Gasteiger partial charge in [-0.2, -0.15) is 52.7 Å². The minimum Gasteiger partial charge on any atom is -0.430 e. The molecule has 0 saturated carbocycles. The molecule has 176 valence electrons. The standard InChI is InChI=1S/C8H5F9O3.C4H3F3O3/c9-5(10,1-3-2-19-4(18)20-3)6(11,12)7(13,14)8(15,16)17;1-3(5)4(6,7)10-2(8)9-3/h3H,1-2H2;1H3. The summed E-state index contributed by atoms with van der Waals surface area (Å²) in [6.07, 6.45) is -18.6. The Hall–Kier alpha value is -2.30. The van der Waals surface area contributed by atoms with Gasteiger partial charge in [-0.25, -0.2) is 9.59 Å². The topological polar surface area (TPSA) is 71.1 Å². The fraction of sp³-hybridized carbons (Fsp3) is 0.833. The molecule has 0 spiro atoms. The van der Waals surface area contributed by atoms with Crippen molar-refractivity contribution in [3.8, 4) is 0 Å². The minimum absolute atomic E-state index is 0.415. The highest BCUT2D eigenvalue weighted by atomic mass is 19.4. The van der Waals surface area contributed by atoms with E-state index in [9.17, 15) is 62.3 Å². The Balaban J connectivity index is 0.000000375. The second kappa shape index (κ2) is 7.44. The first-order chi connectivity index (χ1) is 13.1. The maximum atomic E-state index is 13.0. The van der Waals surface area contributed by atoms with Gasteiger partial charge in [0.15, 0.2) is 0 Å². The van der Waals surface area contributed by atoms with E-state index in [0.717, 1.165) is 0 Å². The molecule has 18 heteroatoms. The second-order valence-electron chi connectivity index (χ2n) is 5.74. The van der Waals surface area contributed by atoms with Gasteiger partial charge in [-0.3, -0.25) is 0 Å². The van der Waals surface area contributed by atoms with E-state index in [1.807, 2.05) is 0 Å². The number of cyclic esters (lactones) is 4. The predicted molar refractivity (Wildman–Crippen MR) is 63.8 cm³/mol. The number of alkyl halides is 12. The Labute approximate surface area is 157 Å². The highest BCUT2D eigenvalue weighted by Crippen LogP contribution is 2.54. The summed E-state index contributed by atoms with van der Waals surface area (Å²) in [6, 6.07) is 0. The lowest BCUT2D eigenvalue weighted by Gasteiger charge is -2.34. The van der Waals surface area contributed by atoms with E-state index in [0.29, 0.717) is 6.92 Å². The van der Waals surface area contributed by atoms with E-state index in [-0.39, 0.29) is 0 Å². The van der Waals surface area contributed by atoms with Crippen molar-refractivity contribution in [1.82, 2.24) is 0 Å².